The molecule has 2 atom stereocenters. The van der Waals surface area contributed by atoms with Gasteiger partial charge in [0.1, 0.15) is 18.4 Å². The monoisotopic (exact) mass is 621 g/mol. The van der Waals surface area contributed by atoms with E-state index in [1.54, 1.807) is 19.1 Å². The number of rotatable bonds is 12. The van der Waals surface area contributed by atoms with Gasteiger partial charge in [0.05, 0.1) is 20.6 Å². The maximum Gasteiger partial charge on any atom is 0.264 e. The first kappa shape index (κ1) is 32.4. The van der Waals surface area contributed by atoms with Crippen LogP contribution in [0.15, 0.2) is 71.6 Å². The average Bonchev–Trinajstić information content (AvgIpc) is 2.94. The second kappa shape index (κ2) is 14.2. The van der Waals surface area contributed by atoms with Crippen LogP contribution in [0.3, 0.4) is 0 Å². The average molecular weight is 623 g/mol. The second-order valence-corrected chi connectivity index (χ2v) is 12.5. The lowest BCUT2D eigenvalue weighted by Gasteiger charge is -2.33. The number of halogens is 3. The Hall–Kier alpha value is -3.14. The van der Waals surface area contributed by atoms with E-state index in [4.69, 9.17) is 23.2 Å². The first-order valence-corrected chi connectivity index (χ1v) is 15.5. The number of nitrogens with zero attached hydrogens (tertiary/aromatic N) is 2. The molecule has 0 bridgehead atoms. The Labute approximate surface area is 251 Å². The van der Waals surface area contributed by atoms with E-state index in [1.165, 1.54) is 59.5 Å². The van der Waals surface area contributed by atoms with E-state index in [0.717, 1.165) is 9.87 Å². The number of sulfonamides is 1. The molecule has 0 aliphatic heterocycles. The maximum atomic E-state index is 14.0. The van der Waals surface area contributed by atoms with Gasteiger partial charge in [0.25, 0.3) is 10.0 Å². The lowest BCUT2D eigenvalue weighted by Crippen LogP contribution is -2.53. The minimum atomic E-state index is -4.25. The largest absolute Gasteiger partial charge is 0.352 e. The number of aryl methyl sites for hydroxylation is 1. The van der Waals surface area contributed by atoms with Crippen molar-refractivity contribution in [3.8, 4) is 0 Å². The van der Waals surface area contributed by atoms with E-state index in [9.17, 15) is 22.4 Å². The van der Waals surface area contributed by atoms with Gasteiger partial charge in [0, 0.05) is 12.6 Å². The lowest BCUT2D eigenvalue weighted by molar-refractivity contribution is -0.140. The highest BCUT2D eigenvalue weighted by molar-refractivity contribution is 7.92. The zero-order chi connectivity index (χ0) is 30.3. The molecule has 0 saturated carbocycles. The van der Waals surface area contributed by atoms with Crippen molar-refractivity contribution in [2.45, 2.75) is 64.1 Å². The van der Waals surface area contributed by atoms with Gasteiger partial charge < -0.3 is 10.2 Å². The van der Waals surface area contributed by atoms with E-state index in [-0.39, 0.29) is 45.5 Å². The number of amides is 2. The van der Waals surface area contributed by atoms with Crippen molar-refractivity contribution >= 4 is 50.7 Å². The summed E-state index contributed by atoms with van der Waals surface area (Å²) in [5.74, 6) is -1.43. The van der Waals surface area contributed by atoms with Crippen LogP contribution in [0, 0.1) is 12.7 Å². The molecule has 3 rings (SSSR count). The summed E-state index contributed by atoms with van der Waals surface area (Å²) in [7, 11) is -4.25. The van der Waals surface area contributed by atoms with Crippen LogP contribution in [0.2, 0.25) is 10.0 Å². The van der Waals surface area contributed by atoms with Crippen molar-refractivity contribution in [2.24, 2.45) is 0 Å². The van der Waals surface area contributed by atoms with Crippen LogP contribution in [-0.2, 0) is 26.2 Å². The van der Waals surface area contributed by atoms with E-state index < -0.39 is 34.3 Å². The quantitative estimate of drug-likeness (QED) is 0.255. The van der Waals surface area contributed by atoms with Crippen molar-refractivity contribution < 1.29 is 22.4 Å². The second-order valence-electron chi connectivity index (χ2n) is 9.81. The van der Waals surface area contributed by atoms with E-state index in [0.29, 0.717) is 12.0 Å². The summed E-state index contributed by atoms with van der Waals surface area (Å²) in [6.07, 6.45) is 0.959. The fraction of sp³-hybridized carbons (Fsp3) is 0.333. The van der Waals surface area contributed by atoms with Crippen molar-refractivity contribution in [1.29, 1.82) is 0 Å². The Bertz CT molecular complexity index is 1470. The Kier molecular flexibility index (Phi) is 11.2. The molecular weight excluding hydrogens is 588 g/mol. The normalized spacial score (nSPS) is 12.9. The SMILES string of the molecule is CC[C@H](C)NC(=O)[C@H](CC)N(Cc1ccc(F)cc1)C(=O)CN(c1ccc(Cl)c(Cl)c1)S(=O)(=O)c1ccc(C)cc1. The van der Waals surface area contributed by atoms with Crippen LogP contribution in [-0.4, -0.2) is 43.8 Å². The van der Waals surface area contributed by atoms with E-state index >= 15 is 0 Å². The van der Waals surface area contributed by atoms with Crippen LogP contribution >= 0.6 is 23.2 Å². The Morgan fingerprint density at radius 2 is 1.56 bits per heavy atom. The third kappa shape index (κ3) is 8.21. The molecule has 0 saturated heterocycles. The summed E-state index contributed by atoms with van der Waals surface area (Å²) in [6.45, 7) is 6.73. The third-order valence-electron chi connectivity index (χ3n) is 6.73. The Balaban J connectivity index is 2.08. The molecule has 0 spiro atoms. The molecule has 3 aromatic rings. The van der Waals surface area contributed by atoms with Crippen LogP contribution in [0.1, 0.15) is 44.7 Å². The highest BCUT2D eigenvalue weighted by Crippen LogP contribution is 2.31. The number of hydrogen-bond acceptors (Lipinski definition) is 4. The number of benzene rings is 3. The lowest BCUT2D eigenvalue weighted by atomic mass is 10.1. The molecule has 0 aromatic heterocycles. The highest BCUT2D eigenvalue weighted by atomic mass is 35.5. The molecule has 0 aliphatic rings. The summed E-state index contributed by atoms with van der Waals surface area (Å²) >= 11 is 12.3. The molecule has 41 heavy (non-hydrogen) atoms. The number of nitrogens with one attached hydrogen (secondary N) is 1. The highest BCUT2D eigenvalue weighted by Gasteiger charge is 2.34. The van der Waals surface area contributed by atoms with Gasteiger partial charge >= 0.3 is 0 Å². The number of anilines is 1. The molecule has 0 radical (unpaired) electrons. The molecule has 7 nitrogen and oxygen atoms in total. The van der Waals surface area contributed by atoms with Crippen molar-refractivity contribution in [3.63, 3.8) is 0 Å². The van der Waals surface area contributed by atoms with Gasteiger partial charge in [0.15, 0.2) is 0 Å². The van der Waals surface area contributed by atoms with Gasteiger partial charge in [-0.2, -0.15) is 0 Å². The van der Waals surface area contributed by atoms with Crippen molar-refractivity contribution in [2.75, 3.05) is 10.8 Å². The molecule has 1 N–H and O–H groups in total. The Morgan fingerprint density at radius 3 is 2.12 bits per heavy atom. The summed E-state index contributed by atoms with van der Waals surface area (Å²) in [4.78, 5) is 28.7. The minimum absolute atomic E-state index is 0.0198. The third-order valence-corrected chi connectivity index (χ3v) is 9.26. The fourth-order valence-electron chi connectivity index (χ4n) is 4.15. The van der Waals surface area contributed by atoms with Gasteiger partial charge in [-0.1, -0.05) is 66.9 Å². The van der Waals surface area contributed by atoms with Crippen LogP contribution in [0.4, 0.5) is 10.1 Å². The predicted octanol–water partition coefficient (Wildman–Crippen LogP) is 6.36. The topological polar surface area (TPSA) is 86.8 Å². The molecule has 2 amide bonds. The van der Waals surface area contributed by atoms with Gasteiger partial charge in [0.2, 0.25) is 11.8 Å². The number of carbonyl (C=O) groups is 2. The summed E-state index contributed by atoms with van der Waals surface area (Å²) in [5.41, 5.74) is 1.58. The maximum absolute atomic E-state index is 14.0. The van der Waals surface area contributed by atoms with Crippen LogP contribution < -0.4 is 9.62 Å². The smallest absolute Gasteiger partial charge is 0.264 e. The Morgan fingerprint density at radius 1 is 0.927 bits per heavy atom. The molecule has 0 heterocycles. The molecule has 11 heteroatoms. The molecule has 220 valence electrons. The van der Waals surface area contributed by atoms with Crippen LogP contribution in [0.5, 0.6) is 0 Å². The summed E-state index contributed by atoms with van der Waals surface area (Å²) in [6, 6.07) is 15.1. The van der Waals surface area contributed by atoms with E-state index in [2.05, 4.69) is 5.32 Å². The number of carbonyl (C=O) groups excluding carboxylic acids is 2. The standard InChI is InChI=1S/C30H34Cl2FN3O4S/c1-5-21(4)34-30(38)28(6-2)35(18-22-9-11-23(33)12-10-22)29(37)19-36(24-13-16-26(31)27(32)17-24)41(39,40)25-14-7-20(3)8-15-25/h7-17,21,28H,5-6,18-19H2,1-4H3,(H,34,38)/t21-,28-/m0/s1. The van der Waals surface area contributed by atoms with E-state index in [1.807, 2.05) is 20.8 Å². The first-order valence-electron chi connectivity index (χ1n) is 13.3. The van der Waals surface area contributed by atoms with Crippen molar-refractivity contribution in [1.82, 2.24) is 10.2 Å². The van der Waals surface area contributed by atoms with Gasteiger partial charge in [-0.15, -0.1) is 0 Å². The zero-order valence-electron chi connectivity index (χ0n) is 23.4. The summed E-state index contributed by atoms with van der Waals surface area (Å²) in [5, 5.41) is 3.25. The number of hydrogen-bond donors (Lipinski definition) is 1. The summed E-state index contributed by atoms with van der Waals surface area (Å²) < 4.78 is 42.4. The van der Waals surface area contributed by atoms with Crippen LogP contribution in [0.25, 0.3) is 0 Å². The van der Waals surface area contributed by atoms with Gasteiger partial charge in [-0.3, -0.25) is 13.9 Å². The fourth-order valence-corrected chi connectivity index (χ4v) is 5.85. The predicted molar refractivity (Wildman–Crippen MR) is 161 cm³/mol. The molecule has 0 fully saturated rings. The molecule has 3 aromatic carbocycles. The minimum Gasteiger partial charge on any atom is -0.352 e. The van der Waals surface area contributed by atoms with Crippen molar-refractivity contribution in [3.05, 3.63) is 93.7 Å². The van der Waals surface area contributed by atoms with Gasteiger partial charge in [-0.05, 0) is 74.7 Å². The molecular formula is C30H34Cl2FN3O4S. The zero-order valence-corrected chi connectivity index (χ0v) is 25.7. The molecule has 0 aliphatic carbocycles. The first-order chi connectivity index (χ1) is 19.4. The molecule has 0 unspecified atom stereocenters. The van der Waals surface area contributed by atoms with Gasteiger partial charge in [-0.25, -0.2) is 12.8 Å².